The average molecular weight is 368 g/mol. The van der Waals surface area contributed by atoms with Crippen LogP contribution < -0.4 is 10.6 Å². The fourth-order valence-corrected chi connectivity index (χ4v) is 2.70. The van der Waals surface area contributed by atoms with Gasteiger partial charge in [-0.2, -0.15) is 0 Å². The van der Waals surface area contributed by atoms with Crippen LogP contribution in [0.15, 0.2) is 54.6 Å². The molecule has 0 heterocycles. The Morgan fingerprint density at radius 2 is 1.56 bits per heavy atom. The minimum absolute atomic E-state index is 0.165. The molecule has 1 atom stereocenters. The Balaban J connectivity index is 1.83. The van der Waals surface area contributed by atoms with Crippen molar-refractivity contribution in [2.45, 2.75) is 31.7 Å². The van der Waals surface area contributed by atoms with Crippen LogP contribution in [0.1, 0.15) is 34.3 Å². The molecule has 0 spiro atoms. The lowest BCUT2D eigenvalue weighted by atomic mass is 10.0. The van der Waals surface area contributed by atoms with E-state index < -0.39 is 12.0 Å². The van der Waals surface area contributed by atoms with Gasteiger partial charge in [0.15, 0.2) is 0 Å². The van der Waals surface area contributed by atoms with Crippen molar-refractivity contribution in [3.05, 3.63) is 71.3 Å². The lowest BCUT2D eigenvalue weighted by molar-refractivity contribution is -0.142. The van der Waals surface area contributed by atoms with E-state index in [9.17, 15) is 19.5 Å². The van der Waals surface area contributed by atoms with E-state index in [0.717, 1.165) is 11.1 Å². The highest BCUT2D eigenvalue weighted by atomic mass is 16.4. The van der Waals surface area contributed by atoms with E-state index in [-0.39, 0.29) is 18.2 Å². The predicted octanol–water partition coefficient (Wildman–Crippen LogP) is 2.18. The van der Waals surface area contributed by atoms with Crippen molar-refractivity contribution >= 4 is 17.8 Å². The molecule has 0 unspecified atom stereocenters. The van der Waals surface area contributed by atoms with E-state index in [1.807, 2.05) is 30.3 Å². The Kier molecular flexibility index (Phi) is 7.55. The third kappa shape index (κ3) is 6.58. The third-order valence-electron chi connectivity index (χ3n) is 4.28. The van der Waals surface area contributed by atoms with Gasteiger partial charge < -0.3 is 15.7 Å². The Bertz CT molecular complexity index is 773. The van der Waals surface area contributed by atoms with Gasteiger partial charge >= 0.3 is 5.97 Å². The number of benzene rings is 2. The first kappa shape index (κ1) is 20.2. The minimum atomic E-state index is -1.03. The molecule has 0 aliphatic rings. The van der Waals surface area contributed by atoms with Gasteiger partial charge in [-0.15, -0.1) is 0 Å². The smallest absolute Gasteiger partial charge is 0.326 e. The van der Waals surface area contributed by atoms with Gasteiger partial charge in [0.25, 0.3) is 5.91 Å². The first-order valence-corrected chi connectivity index (χ1v) is 8.86. The van der Waals surface area contributed by atoms with Gasteiger partial charge in [0.2, 0.25) is 5.91 Å². The minimum Gasteiger partial charge on any atom is -0.480 e. The highest BCUT2D eigenvalue weighted by molar-refractivity contribution is 5.94. The zero-order valence-electron chi connectivity index (χ0n) is 15.3. The number of hydrogen-bond acceptors (Lipinski definition) is 3. The third-order valence-corrected chi connectivity index (χ3v) is 4.28. The number of carbonyl (C=O) groups is 3. The number of aliphatic carboxylic acids is 1. The van der Waals surface area contributed by atoms with Gasteiger partial charge in [0, 0.05) is 19.0 Å². The fraction of sp³-hybridized carbons (Fsp3) is 0.286. The van der Waals surface area contributed by atoms with Crippen LogP contribution in [0.4, 0.5) is 0 Å². The molecule has 6 heteroatoms. The Labute approximate surface area is 158 Å². The van der Waals surface area contributed by atoms with E-state index >= 15 is 0 Å². The summed E-state index contributed by atoms with van der Waals surface area (Å²) in [5, 5.41) is 14.5. The van der Waals surface area contributed by atoms with Gasteiger partial charge in [0.05, 0.1) is 0 Å². The first-order valence-electron chi connectivity index (χ1n) is 8.86. The number of carbonyl (C=O) groups excluding carboxylic acids is 2. The Morgan fingerprint density at radius 3 is 2.15 bits per heavy atom. The van der Waals surface area contributed by atoms with Gasteiger partial charge in [-0.25, -0.2) is 4.79 Å². The van der Waals surface area contributed by atoms with Crippen LogP contribution in [-0.2, 0) is 22.4 Å². The van der Waals surface area contributed by atoms with Crippen LogP contribution in [0.2, 0.25) is 0 Å². The van der Waals surface area contributed by atoms with Crippen molar-refractivity contribution in [1.82, 2.24) is 10.6 Å². The quantitative estimate of drug-likeness (QED) is 0.632. The molecule has 27 heavy (non-hydrogen) atoms. The number of hydrogen-bond donors (Lipinski definition) is 3. The summed E-state index contributed by atoms with van der Waals surface area (Å²) in [6.07, 6.45) is 1.59. The maximum absolute atomic E-state index is 12.1. The lowest BCUT2D eigenvalue weighted by Gasteiger charge is -2.14. The summed E-state index contributed by atoms with van der Waals surface area (Å²) in [5.74, 6) is -1.50. The summed E-state index contributed by atoms with van der Waals surface area (Å²) < 4.78 is 0. The van der Waals surface area contributed by atoms with Gasteiger partial charge in [0.1, 0.15) is 6.04 Å². The molecule has 3 N–H and O–H groups in total. The molecule has 6 nitrogen and oxygen atoms in total. The normalized spacial score (nSPS) is 11.4. The summed E-state index contributed by atoms with van der Waals surface area (Å²) >= 11 is 0. The van der Waals surface area contributed by atoms with Crippen LogP contribution in [0.25, 0.3) is 0 Å². The lowest BCUT2D eigenvalue weighted by Crippen LogP contribution is -2.41. The van der Waals surface area contributed by atoms with Crippen molar-refractivity contribution < 1.29 is 19.5 Å². The topological polar surface area (TPSA) is 95.5 Å². The Hall–Kier alpha value is -3.15. The number of carboxylic acids is 1. The van der Waals surface area contributed by atoms with Crippen LogP contribution in [0.3, 0.4) is 0 Å². The highest BCUT2D eigenvalue weighted by Crippen LogP contribution is 2.08. The maximum atomic E-state index is 12.1. The molecule has 2 aromatic carbocycles. The van der Waals surface area contributed by atoms with E-state index in [4.69, 9.17) is 0 Å². The molecule has 0 radical (unpaired) electrons. The molecular formula is C21H24N2O4. The average Bonchev–Trinajstić information content (AvgIpc) is 2.69. The molecule has 142 valence electrons. The molecule has 0 fully saturated rings. The SMILES string of the molecule is CNC(=O)c1ccc(CCC(=O)N[C@@H](CCc2ccccc2)C(=O)O)cc1. The van der Waals surface area contributed by atoms with E-state index in [2.05, 4.69) is 10.6 Å². The van der Waals surface area contributed by atoms with E-state index in [1.165, 1.54) is 0 Å². The molecule has 0 saturated carbocycles. The number of nitrogens with one attached hydrogen (secondary N) is 2. The second-order valence-electron chi connectivity index (χ2n) is 6.26. The molecule has 0 aliphatic heterocycles. The van der Waals surface area contributed by atoms with Gasteiger partial charge in [-0.05, 0) is 42.5 Å². The standard InChI is InChI=1S/C21H24N2O4/c1-22-20(25)17-11-7-16(8-12-17)10-14-19(24)23-18(21(26)27)13-9-15-5-3-2-4-6-15/h2-8,11-12,18H,9-10,13-14H2,1H3,(H,22,25)(H,23,24)(H,26,27)/t18-/m0/s1. The number of rotatable bonds is 9. The second kappa shape index (κ2) is 10.1. The first-order chi connectivity index (χ1) is 13.0. The predicted molar refractivity (Wildman–Crippen MR) is 102 cm³/mol. The molecule has 0 saturated heterocycles. The molecule has 0 bridgehead atoms. The van der Waals surface area contributed by atoms with Crippen LogP contribution in [0, 0.1) is 0 Å². The summed E-state index contributed by atoms with van der Waals surface area (Å²) in [7, 11) is 1.57. The van der Waals surface area contributed by atoms with Gasteiger partial charge in [-0.1, -0.05) is 42.5 Å². The number of carboxylic acid groups (broad SMARTS) is 1. The summed E-state index contributed by atoms with van der Waals surface area (Å²) in [6.45, 7) is 0. The number of aryl methyl sites for hydroxylation is 2. The van der Waals surface area contributed by atoms with E-state index in [1.54, 1.807) is 31.3 Å². The van der Waals surface area contributed by atoms with Crippen molar-refractivity contribution in [3.8, 4) is 0 Å². The van der Waals surface area contributed by atoms with Crippen LogP contribution in [0.5, 0.6) is 0 Å². The van der Waals surface area contributed by atoms with Crippen molar-refractivity contribution in [2.75, 3.05) is 7.05 Å². The molecule has 2 rings (SSSR count). The van der Waals surface area contributed by atoms with Crippen molar-refractivity contribution in [1.29, 1.82) is 0 Å². The zero-order chi connectivity index (χ0) is 19.6. The fourth-order valence-electron chi connectivity index (χ4n) is 2.70. The molecule has 2 aromatic rings. The van der Waals surface area contributed by atoms with Crippen molar-refractivity contribution in [2.24, 2.45) is 0 Å². The number of amides is 2. The molecular weight excluding hydrogens is 344 g/mol. The van der Waals surface area contributed by atoms with Crippen LogP contribution >= 0.6 is 0 Å². The monoisotopic (exact) mass is 368 g/mol. The summed E-state index contributed by atoms with van der Waals surface area (Å²) in [4.78, 5) is 35.0. The molecule has 0 aliphatic carbocycles. The zero-order valence-corrected chi connectivity index (χ0v) is 15.3. The van der Waals surface area contributed by atoms with Gasteiger partial charge in [-0.3, -0.25) is 9.59 Å². The van der Waals surface area contributed by atoms with Crippen molar-refractivity contribution in [3.63, 3.8) is 0 Å². The highest BCUT2D eigenvalue weighted by Gasteiger charge is 2.19. The Morgan fingerprint density at radius 1 is 0.926 bits per heavy atom. The van der Waals surface area contributed by atoms with E-state index in [0.29, 0.717) is 24.8 Å². The second-order valence-corrected chi connectivity index (χ2v) is 6.26. The molecule has 0 aromatic heterocycles. The maximum Gasteiger partial charge on any atom is 0.326 e. The summed E-state index contributed by atoms with van der Waals surface area (Å²) in [5.41, 5.74) is 2.50. The largest absolute Gasteiger partial charge is 0.480 e. The molecule has 2 amide bonds. The van der Waals surface area contributed by atoms with Crippen LogP contribution in [-0.4, -0.2) is 36.0 Å². The summed E-state index contributed by atoms with van der Waals surface area (Å²) in [6, 6.07) is 15.7.